The summed E-state index contributed by atoms with van der Waals surface area (Å²) in [7, 11) is 0. The molecule has 0 radical (unpaired) electrons. The first-order valence-corrected chi connectivity index (χ1v) is 9.63. The van der Waals surface area contributed by atoms with Crippen LogP contribution in [-0.4, -0.2) is 47.1 Å². The molecule has 1 atom stereocenters. The SMILES string of the molecule is C#C.C[C@@H]1COCCN1c1cc(C(=N)c2cc(OC3(C)CC3)ccc2N)ncn1. The van der Waals surface area contributed by atoms with Crippen molar-refractivity contribution >= 4 is 17.2 Å². The molecule has 0 bridgehead atoms. The van der Waals surface area contributed by atoms with Crippen LogP contribution in [0, 0.1) is 18.3 Å². The molecule has 0 unspecified atom stereocenters. The van der Waals surface area contributed by atoms with E-state index < -0.39 is 0 Å². The molecule has 1 aliphatic carbocycles. The van der Waals surface area contributed by atoms with Crippen molar-refractivity contribution in [1.82, 2.24) is 9.97 Å². The fraction of sp³-hybridized carbons (Fsp3) is 0.409. The summed E-state index contributed by atoms with van der Waals surface area (Å²) in [6.07, 6.45) is 11.6. The van der Waals surface area contributed by atoms with Crippen LogP contribution in [0.25, 0.3) is 0 Å². The second-order valence-corrected chi connectivity index (χ2v) is 7.55. The first-order valence-electron chi connectivity index (χ1n) is 9.63. The zero-order valence-electron chi connectivity index (χ0n) is 16.9. The highest BCUT2D eigenvalue weighted by molar-refractivity contribution is 6.13. The highest BCUT2D eigenvalue weighted by Gasteiger charge is 2.40. The molecule has 7 heteroatoms. The third-order valence-electron chi connectivity index (χ3n) is 5.18. The second-order valence-electron chi connectivity index (χ2n) is 7.55. The van der Waals surface area contributed by atoms with Crippen LogP contribution >= 0.6 is 0 Å². The molecule has 2 aromatic rings. The van der Waals surface area contributed by atoms with E-state index in [1.165, 1.54) is 6.33 Å². The summed E-state index contributed by atoms with van der Waals surface area (Å²) in [6.45, 7) is 6.31. The van der Waals surface area contributed by atoms with Gasteiger partial charge >= 0.3 is 0 Å². The summed E-state index contributed by atoms with van der Waals surface area (Å²) < 4.78 is 11.5. The van der Waals surface area contributed by atoms with Crippen LogP contribution in [0.4, 0.5) is 11.5 Å². The maximum absolute atomic E-state index is 8.65. The van der Waals surface area contributed by atoms with Crippen molar-refractivity contribution in [2.45, 2.75) is 38.3 Å². The van der Waals surface area contributed by atoms with E-state index in [1.807, 2.05) is 18.2 Å². The largest absolute Gasteiger partial charge is 0.488 e. The smallest absolute Gasteiger partial charge is 0.133 e. The number of anilines is 2. The number of rotatable bonds is 5. The molecule has 29 heavy (non-hydrogen) atoms. The number of terminal acetylenes is 1. The summed E-state index contributed by atoms with van der Waals surface area (Å²) in [4.78, 5) is 10.9. The summed E-state index contributed by atoms with van der Waals surface area (Å²) in [5.41, 5.74) is 8.03. The lowest BCUT2D eigenvalue weighted by Crippen LogP contribution is -2.44. The average molecular weight is 393 g/mol. The maximum Gasteiger partial charge on any atom is 0.133 e. The number of hydrogen-bond donors (Lipinski definition) is 2. The van der Waals surface area contributed by atoms with Gasteiger partial charge in [0.25, 0.3) is 0 Å². The van der Waals surface area contributed by atoms with Gasteiger partial charge in [-0.3, -0.25) is 5.41 Å². The molecule has 1 aromatic carbocycles. The maximum atomic E-state index is 8.65. The predicted molar refractivity (Wildman–Crippen MR) is 115 cm³/mol. The van der Waals surface area contributed by atoms with E-state index in [2.05, 4.69) is 41.6 Å². The van der Waals surface area contributed by atoms with Gasteiger partial charge in [0.15, 0.2) is 0 Å². The monoisotopic (exact) mass is 393 g/mol. The molecular formula is C22H27N5O2. The van der Waals surface area contributed by atoms with Gasteiger partial charge in [-0.05, 0) is 44.9 Å². The number of ether oxygens (including phenoxy) is 2. The van der Waals surface area contributed by atoms with Crippen LogP contribution in [0.5, 0.6) is 5.75 Å². The van der Waals surface area contributed by atoms with Crippen LogP contribution in [-0.2, 0) is 4.74 Å². The normalized spacial score (nSPS) is 19.6. The molecule has 0 spiro atoms. The molecule has 4 rings (SSSR count). The van der Waals surface area contributed by atoms with Gasteiger partial charge in [-0.1, -0.05) is 0 Å². The van der Waals surface area contributed by atoms with Gasteiger partial charge in [-0.25, -0.2) is 9.97 Å². The van der Waals surface area contributed by atoms with E-state index in [0.717, 1.165) is 31.0 Å². The molecule has 2 heterocycles. The minimum absolute atomic E-state index is 0.0792. The first kappa shape index (κ1) is 20.6. The van der Waals surface area contributed by atoms with Crippen molar-refractivity contribution < 1.29 is 9.47 Å². The highest BCUT2D eigenvalue weighted by atomic mass is 16.5. The van der Waals surface area contributed by atoms with Gasteiger partial charge in [0.05, 0.1) is 30.7 Å². The fourth-order valence-corrected chi connectivity index (χ4v) is 3.22. The Morgan fingerprint density at radius 3 is 2.76 bits per heavy atom. The quantitative estimate of drug-likeness (QED) is 0.461. The molecular weight excluding hydrogens is 366 g/mol. The van der Waals surface area contributed by atoms with E-state index in [9.17, 15) is 0 Å². The Bertz CT molecular complexity index is 907. The van der Waals surface area contributed by atoms with Crippen LogP contribution in [0.3, 0.4) is 0 Å². The van der Waals surface area contributed by atoms with Crippen molar-refractivity contribution in [2.75, 3.05) is 30.4 Å². The Labute approximate surface area is 171 Å². The van der Waals surface area contributed by atoms with Crippen molar-refractivity contribution in [2.24, 2.45) is 0 Å². The Morgan fingerprint density at radius 1 is 1.31 bits per heavy atom. The fourth-order valence-electron chi connectivity index (χ4n) is 3.22. The second kappa shape index (κ2) is 8.50. The predicted octanol–water partition coefficient (Wildman–Crippen LogP) is 2.88. The van der Waals surface area contributed by atoms with Gasteiger partial charge in [-0.15, -0.1) is 12.8 Å². The number of benzene rings is 1. The van der Waals surface area contributed by atoms with E-state index in [4.69, 9.17) is 20.6 Å². The number of nitrogens with two attached hydrogens (primary N) is 1. The summed E-state index contributed by atoms with van der Waals surface area (Å²) in [6, 6.07) is 7.56. The Kier molecular flexibility index (Phi) is 6.04. The number of nitrogens with zero attached hydrogens (tertiary/aromatic N) is 3. The van der Waals surface area contributed by atoms with Crippen molar-refractivity contribution in [3.8, 4) is 18.6 Å². The van der Waals surface area contributed by atoms with Crippen LogP contribution in [0.1, 0.15) is 37.9 Å². The third-order valence-corrected chi connectivity index (χ3v) is 5.18. The molecule has 0 amide bonds. The van der Waals surface area contributed by atoms with Crippen LogP contribution < -0.4 is 15.4 Å². The molecule has 1 saturated carbocycles. The van der Waals surface area contributed by atoms with Crippen molar-refractivity contribution in [3.63, 3.8) is 0 Å². The van der Waals surface area contributed by atoms with E-state index in [0.29, 0.717) is 30.2 Å². The summed E-state index contributed by atoms with van der Waals surface area (Å²) in [5, 5.41) is 8.65. The lowest BCUT2D eigenvalue weighted by Gasteiger charge is -2.34. The van der Waals surface area contributed by atoms with Crippen LogP contribution in [0.2, 0.25) is 0 Å². The molecule has 2 aliphatic rings. The third kappa shape index (κ3) is 4.66. The molecule has 7 nitrogen and oxygen atoms in total. The van der Waals surface area contributed by atoms with Crippen molar-refractivity contribution in [1.29, 1.82) is 5.41 Å². The molecule has 1 aromatic heterocycles. The topological polar surface area (TPSA) is 97.3 Å². The van der Waals surface area contributed by atoms with Gasteiger partial charge < -0.3 is 20.1 Å². The Balaban J connectivity index is 0.00000117. The molecule has 3 N–H and O–H groups in total. The number of aromatic nitrogens is 2. The summed E-state index contributed by atoms with van der Waals surface area (Å²) >= 11 is 0. The Morgan fingerprint density at radius 2 is 2.07 bits per heavy atom. The van der Waals surface area contributed by atoms with E-state index >= 15 is 0 Å². The molecule has 2 fully saturated rings. The first-order chi connectivity index (χ1) is 14.0. The number of morpholine rings is 1. The van der Waals surface area contributed by atoms with Gasteiger partial charge in [0.2, 0.25) is 0 Å². The Hall–Kier alpha value is -3.11. The number of nitrogen functional groups attached to an aromatic ring is 1. The van der Waals surface area contributed by atoms with Gasteiger partial charge in [-0.2, -0.15) is 0 Å². The van der Waals surface area contributed by atoms with E-state index in [-0.39, 0.29) is 17.4 Å². The zero-order valence-corrected chi connectivity index (χ0v) is 16.9. The standard InChI is InChI=1S/C20H25N5O2.C2H2/c1-13-11-26-8-7-25(13)18-10-17(23-12-24-18)19(22)15-9-14(3-4-16(15)21)27-20(2)5-6-20;1-2/h3-4,9-10,12-13,22H,5-8,11,21H2,1-2H3;1-2H/t13-;/m1./s1. The average Bonchev–Trinajstić information content (AvgIpc) is 3.47. The molecule has 152 valence electrons. The number of nitrogens with one attached hydrogen (secondary N) is 1. The lowest BCUT2D eigenvalue weighted by molar-refractivity contribution is 0.0985. The highest BCUT2D eigenvalue weighted by Crippen LogP contribution is 2.40. The zero-order chi connectivity index (χ0) is 21.0. The lowest BCUT2D eigenvalue weighted by atomic mass is 10.0. The van der Waals surface area contributed by atoms with Gasteiger partial charge in [0, 0.05) is 23.9 Å². The summed E-state index contributed by atoms with van der Waals surface area (Å²) in [5.74, 6) is 1.54. The van der Waals surface area contributed by atoms with E-state index in [1.54, 1.807) is 6.07 Å². The van der Waals surface area contributed by atoms with Crippen LogP contribution in [0.15, 0.2) is 30.6 Å². The number of hydrogen-bond acceptors (Lipinski definition) is 7. The van der Waals surface area contributed by atoms with Gasteiger partial charge in [0.1, 0.15) is 23.5 Å². The van der Waals surface area contributed by atoms with Crippen molar-refractivity contribution in [3.05, 3.63) is 41.9 Å². The minimum Gasteiger partial charge on any atom is -0.488 e. The molecule has 1 aliphatic heterocycles. The minimum atomic E-state index is -0.0792. The molecule has 1 saturated heterocycles.